The molecule has 442 valence electrons. The Morgan fingerprint density at radius 2 is 1.31 bits per heavy atom. The molecular weight excluding hydrogens is 1030 g/mol. The lowest BCUT2D eigenvalue weighted by molar-refractivity contribution is -0.370. The molecule has 3 spiro atoms. The number of fused-ring (bicyclic) bond motifs is 10. The molecule has 0 aromatic carbocycles. The molecule has 0 aliphatic carbocycles. The molecule has 16 aliphatic rings. The van der Waals surface area contributed by atoms with E-state index in [1.165, 1.54) is 0 Å². The number of hydrogen-bond acceptors (Lipinski definition) is 18. The first kappa shape index (κ1) is 54.3. The van der Waals surface area contributed by atoms with E-state index in [1.807, 2.05) is 0 Å². The SMILES string of the molecule is C=C1C2C[C@@H]3O[C@H]4C[C@H]5O[C@@]6(C[C@@H]7O[C@]8(C[C@H](C)[C@@H]9O[C@H](CN=[N+]=[N-])[C@H](O)C[C@@H]9O8)C[C@H](C)[C@@H]7O6)C[C@H]5O[C@H]4[C@H](C)[C@H]3OC(=O)C[C@H]3CC[C@@H]4O[C@@]5(C)C6C[C@H]7C[C@@](CC[C@H]8CC(=C)[C@H](CC[C@@H](C[C@H]1C)O2)O8)(O6)O[C@H](C5O7)[C@H]4O3. The van der Waals surface area contributed by atoms with Gasteiger partial charge in [-0.15, -0.1) is 0 Å². The molecule has 0 radical (unpaired) electrons. The second-order valence-corrected chi connectivity index (χ2v) is 27.9. The van der Waals surface area contributed by atoms with Gasteiger partial charge < -0.3 is 76.2 Å². The predicted octanol–water partition coefficient (Wildman–Crippen LogP) is 7.27. The van der Waals surface area contributed by atoms with Crippen LogP contribution in [0.2, 0.25) is 0 Å². The molecule has 20 nitrogen and oxygen atoms in total. The van der Waals surface area contributed by atoms with Gasteiger partial charge >= 0.3 is 5.97 Å². The highest BCUT2D eigenvalue weighted by Gasteiger charge is 2.70. The summed E-state index contributed by atoms with van der Waals surface area (Å²) < 4.78 is 104. The van der Waals surface area contributed by atoms with E-state index in [2.05, 4.69) is 57.8 Å². The van der Waals surface area contributed by atoms with Crippen LogP contribution in [0.1, 0.15) is 150 Å². The maximum Gasteiger partial charge on any atom is 0.308 e. The Morgan fingerprint density at radius 1 is 0.575 bits per heavy atom. The van der Waals surface area contributed by atoms with Gasteiger partial charge in [0.15, 0.2) is 17.4 Å². The van der Waals surface area contributed by atoms with Crippen LogP contribution in [0.25, 0.3) is 10.4 Å². The molecule has 31 atom stereocenters. The van der Waals surface area contributed by atoms with Gasteiger partial charge in [0, 0.05) is 75.0 Å². The van der Waals surface area contributed by atoms with Crippen molar-refractivity contribution >= 4 is 5.97 Å². The minimum Gasteiger partial charge on any atom is -0.459 e. The van der Waals surface area contributed by atoms with Crippen LogP contribution in [-0.2, 0) is 75.8 Å². The molecule has 1 N–H and O–H groups in total. The summed E-state index contributed by atoms with van der Waals surface area (Å²) in [6, 6.07) is 0. The van der Waals surface area contributed by atoms with Crippen molar-refractivity contribution in [2.75, 3.05) is 6.54 Å². The highest BCUT2D eigenvalue weighted by molar-refractivity contribution is 5.70. The molecule has 16 aliphatic heterocycles. The molecule has 16 rings (SSSR count). The second-order valence-electron chi connectivity index (χ2n) is 27.9. The number of carbonyl (C=O) groups is 1. The standard InChI is InChI=1S/C60H85N3O17/c1-27-14-33-8-10-38-28(2)15-35(66-38)12-13-58-23-36-16-48(78-58)57(7)56(69-36)55(80-58)54-39(74-57)11-9-34(68-54)17-49(65)73-53-32(6)52-43(70-42(53)19-40(67-33)31(27)5)20-41-45(71-52)24-60(75-41)25-46-51(79-60)30(4)22-59(77-46)21-29(3)50-44(76-59)18-37(64)47(72-50)26-62-63-61/h27,29-30,32-48,50-56,64H,2,5,8-26H2,1,3-4,6-7H3/t27-,29+,30+,32+,33+,34-,35+,36+,37-,38+,39+,40?,41-,42+,43+,44+,45-,46+,47-,48?,50+,51+,52+,53-,54+,55+,56?,57+,58+,59-,60+/m1/s1. The molecule has 20 heteroatoms. The number of nitrogens with zero attached hydrogens (tertiary/aromatic N) is 3. The first-order chi connectivity index (χ1) is 38.4. The molecule has 80 heavy (non-hydrogen) atoms. The van der Waals surface area contributed by atoms with E-state index >= 15 is 0 Å². The van der Waals surface area contributed by atoms with E-state index in [-0.39, 0.29) is 140 Å². The van der Waals surface area contributed by atoms with Gasteiger partial charge in [-0.3, -0.25) is 4.79 Å². The number of hydrogen-bond donors (Lipinski definition) is 1. The first-order valence-corrected chi connectivity index (χ1v) is 31.0. The maximum absolute atomic E-state index is 14.7. The van der Waals surface area contributed by atoms with Crippen molar-refractivity contribution in [3.63, 3.8) is 0 Å². The number of azide groups is 1. The lowest BCUT2D eigenvalue weighted by Crippen LogP contribution is -2.71. The average molecular weight is 1120 g/mol. The lowest BCUT2D eigenvalue weighted by atomic mass is 9.75. The van der Waals surface area contributed by atoms with Crippen molar-refractivity contribution in [3.8, 4) is 0 Å². The van der Waals surface area contributed by atoms with E-state index in [1.54, 1.807) is 0 Å². The number of carbonyl (C=O) groups excluding carboxylic acids is 1. The van der Waals surface area contributed by atoms with Crippen LogP contribution in [0.3, 0.4) is 0 Å². The number of rotatable bonds is 2. The van der Waals surface area contributed by atoms with Crippen LogP contribution in [0.5, 0.6) is 0 Å². The Kier molecular flexibility index (Phi) is 13.7. The summed E-state index contributed by atoms with van der Waals surface area (Å²) in [5.41, 5.74) is 10.4. The van der Waals surface area contributed by atoms with Crippen LogP contribution in [0.15, 0.2) is 29.4 Å². The number of ether oxygens (including phenoxy) is 15. The maximum atomic E-state index is 14.7. The third-order valence-corrected chi connectivity index (χ3v) is 22.3. The average Bonchev–Trinajstić information content (AvgIpc) is 4.11. The van der Waals surface area contributed by atoms with E-state index < -0.39 is 65.7 Å². The fourth-order valence-corrected chi connectivity index (χ4v) is 18.5. The van der Waals surface area contributed by atoms with E-state index in [0.29, 0.717) is 70.6 Å². The Hall–Kier alpha value is -2.34. The molecule has 16 heterocycles. The van der Waals surface area contributed by atoms with Crippen molar-refractivity contribution in [1.82, 2.24) is 0 Å². The molecule has 12 bridgehead atoms. The number of aliphatic hydroxyl groups is 1. The highest BCUT2D eigenvalue weighted by Crippen LogP contribution is 2.58. The number of aliphatic hydroxyl groups excluding tert-OH is 1. The van der Waals surface area contributed by atoms with Gasteiger partial charge in [0.05, 0.1) is 129 Å². The Balaban J connectivity index is 0.666. The molecule has 3 unspecified atom stereocenters. The first-order valence-electron chi connectivity index (χ1n) is 31.0. The molecule has 16 saturated heterocycles. The fraction of sp³-hybridized carbons (Fsp3) is 0.917. The van der Waals surface area contributed by atoms with Crippen LogP contribution in [-0.4, -0.2) is 181 Å². The van der Waals surface area contributed by atoms with Crippen molar-refractivity contribution in [1.29, 1.82) is 0 Å². The summed E-state index contributed by atoms with van der Waals surface area (Å²) in [5.74, 6) is -2.87. The zero-order valence-electron chi connectivity index (χ0n) is 47.3. The summed E-state index contributed by atoms with van der Waals surface area (Å²) in [7, 11) is 0. The van der Waals surface area contributed by atoms with Crippen LogP contribution >= 0.6 is 0 Å². The van der Waals surface area contributed by atoms with Gasteiger partial charge in [-0.25, -0.2) is 0 Å². The minimum absolute atomic E-state index is 0.00336. The molecule has 0 amide bonds. The van der Waals surface area contributed by atoms with Gasteiger partial charge in [-0.2, -0.15) is 0 Å². The zero-order chi connectivity index (χ0) is 54.8. The van der Waals surface area contributed by atoms with Crippen LogP contribution in [0.4, 0.5) is 0 Å². The third kappa shape index (κ3) is 9.24. The zero-order valence-corrected chi connectivity index (χ0v) is 47.3. The normalized spacial score (nSPS) is 57.8. The predicted molar refractivity (Wildman–Crippen MR) is 279 cm³/mol. The Morgan fingerprint density at radius 3 is 2.16 bits per heavy atom. The minimum atomic E-state index is -0.928. The molecule has 16 fully saturated rings. The van der Waals surface area contributed by atoms with Crippen molar-refractivity contribution in [3.05, 3.63) is 34.7 Å². The van der Waals surface area contributed by atoms with E-state index in [9.17, 15) is 9.90 Å². The molecule has 0 saturated carbocycles. The summed E-state index contributed by atoms with van der Waals surface area (Å²) >= 11 is 0. The Labute approximate surface area is 469 Å². The fourth-order valence-electron chi connectivity index (χ4n) is 18.5. The van der Waals surface area contributed by atoms with Crippen molar-refractivity contribution in [2.45, 2.75) is 314 Å². The van der Waals surface area contributed by atoms with Gasteiger partial charge in [0.2, 0.25) is 0 Å². The van der Waals surface area contributed by atoms with Gasteiger partial charge in [-0.05, 0) is 86.3 Å². The molecule has 0 aromatic heterocycles. The topological polar surface area (TPSA) is 225 Å². The monoisotopic (exact) mass is 1120 g/mol. The van der Waals surface area contributed by atoms with Crippen molar-refractivity contribution in [2.24, 2.45) is 28.8 Å². The molecule has 0 aromatic rings. The highest BCUT2D eigenvalue weighted by atomic mass is 16.8. The second kappa shape index (κ2) is 20.1. The van der Waals surface area contributed by atoms with Gasteiger partial charge in [0.25, 0.3) is 0 Å². The van der Waals surface area contributed by atoms with Gasteiger partial charge in [0.1, 0.15) is 30.0 Å². The van der Waals surface area contributed by atoms with Crippen LogP contribution in [0, 0.1) is 23.7 Å². The largest absolute Gasteiger partial charge is 0.459 e. The number of esters is 1. The smallest absolute Gasteiger partial charge is 0.308 e. The third-order valence-electron chi connectivity index (χ3n) is 22.3. The van der Waals surface area contributed by atoms with Crippen LogP contribution < -0.4 is 0 Å². The Bertz CT molecular complexity index is 2490. The van der Waals surface area contributed by atoms with E-state index in [4.69, 9.17) is 76.6 Å². The molecular formula is C60H85N3O17. The summed E-state index contributed by atoms with van der Waals surface area (Å²) in [6.45, 7) is 20.0. The summed E-state index contributed by atoms with van der Waals surface area (Å²) in [5, 5.41) is 14.7. The van der Waals surface area contributed by atoms with Gasteiger partial charge in [-0.1, -0.05) is 46.0 Å². The van der Waals surface area contributed by atoms with Crippen molar-refractivity contribution < 1.29 is 81.0 Å². The summed E-state index contributed by atoms with van der Waals surface area (Å²) in [4.78, 5) is 17.5. The summed E-state index contributed by atoms with van der Waals surface area (Å²) in [6.07, 6.45) is 3.74. The lowest BCUT2D eigenvalue weighted by Gasteiger charge is -2.57. The van der Waals surface area contributed by atoms with E-state index in [0.717, 1.165) is 49.7 Å². The quantitative estimate of drug-likeness (QED) is 0.0943.